The number of aryl methyl sites for hydroxylation is 1. The molecular weight excluding hydrogens is 376 g/mol. The predicted octanol–water partition coefficient (Wildman–Crippen LogP) is 1.91. The number of hydrogen-bond donors (Lipinski definition) is 2. The largest absolute Gasteiger partial charge is 0.394 e. The average molecular weight is 413 g/mol. The van der Waals surface area contributed by atoms with Crippen molar-refractivity contribution < 1.29 is 14.6 Å². The first-order chi connectivity index (χ1) is 13.0. The van der Waals surface area contributed by atoms with Crippen molar-refractivity contribution >= 4 is 8.80 Å². The third-order valence-corrected chi connectivity index (χ3v) is 7.78. The average Bonchev–Trinajstić information content (AvgIpc) is 2.94. The highest BCUT2D eigenvalue weighted by molar-refractivity contribution is 6.58. The first-order valence-electron chi connectivity index (χ1n) is 10.4. The lowest BCUT2D eigenvalue weighted by molar-refractivity contribution is -0.113. The number of aliphatic hydroxyl groups excluding tert-OH is 1. The fourth-order valence-electron chi connectivity index (χ4n) is 3.87. The molecule has 0 unspecified atom stereocenters. The van der Waals surface area contributed by atoms with Gasteiger partial charge in [-0.25, -0.2) is 4.79 Å². The highest BCUT2D eigenvalue weighted by Gasteiger charge is 2.52. The minimum absolute atomic E-state index is 0.176. The Morgan fingerprint density at radius 1 is 1.36 bits per heavy atom. The van der Waals surface area contributed by atoms with Gasteiger partial charge >= 0.3 is 5.69 Å². The molecule has 0 bridgehead atoms. The van der Waals surface area contributed by atoms with Gasteiger partial charge < -0.3 is 14.6 Å². The number of ether oxygens (including phenoxy) is 2. The Morgan fingerprint density at radius 2 is 2.04 bits per heavy atom. The molecule has 1 aliphatic heterocycles. The quantitative estimate of drug-likeness (QED) is 0.502. The van der Waals surface area contributed by atoms with Crippen molar-refractivity contribution in [1.29, 1.82) is 0 Å². The van der Waals surface area contributed by atoms with Gasteiger partial charge in [0.25, 0.3) is 5.56 Å². The molecule has 1 aromatic rings. The number of rotatable bonds is 8. The molecule has 0 radical (unpaired) electrons. The van der Waals surface area contributed by atoms with Crippen molar-refractivity contribution in [3.8, 4) is 0 Å². The van der Waals surface area contributed by atoms with E-state index in [0.29, 0.717) is 18.4 Å². The van der Waals surface area contributed by atoms with Crippen LogP contribution in [0.2, 0.25) is 13.1 Å². The van der Waals surface area contributed by atoms with Crippen LogP contribution in [-0.4, -0.2) is 47.9 Å². The Hall–Kier alpha value is -1.22. The van der Waals surface area contributed by atoms with E-state index < -0.39 is 31.5 Å². The molecule has 0 aromatic carbocycles. The number of nitrogens with one attached hydrogen (secondary N) is 1. The summed E-state index contributed by atoms with van der Waals surface area (Å²) in [5.74, 6) is 0. The minimum atomic E-state index is -1.61. The van der Waals surface area contributed by atoms with Crippen LogP contribution in [0.4, 0.5) is 0 Å². The summed E-state index contributed by atoms with van der Waals surface area (Å²) in [4.78, 5) is 27.5. The van der Waals surface area contributed by atoms with Gasteiger partial charge in [-0.05, 0) is 33.6 Å². The molecule has 1 saturated heterocycles. The maximum atomic E-state index is 12.8. The standard InChI is InChI=1S/C20H36N2O5Si/c1-7-8-9-10-14-12-22(18(25)21-17(14)24)20(28(5)6)11-15(16(13-23)27-20)26-19(2,3)4/h12,15-16,23,28H,7-11,13H2,1-6H3,(H,21,24,25)/t15-,16+,20-/m0/s1. The van der Waals surface area contributed by atoms with Crippen molar-refractivity contribution in [3.05, 3.63) is 32.6 Å². The summed E-state index contributed by atoms with van der Waals surface area (Å²) in [5.41, 5.74) is -0.570. The highest BCUT2D eigenvalue weighted by atomic mass is 28.3. The second kappa shape index (κ2) is 9.07. The fraction of sp³-hybridized carbons (Fsp3) is 0.800. The van der Waals surface area contributed by atoms with Gasteiger partial charge in [0.1, 0.15) is 11.5 Å². The molecule has 1 aliphatic rings. The van der Waals surface area contributed by atoms with E-state index in [9.17, 15) is 14.7 Å². The molecule has 2 N–H and O–H groups in total. The van der Waals surface area contributed by atoms with Crippen LogP contribution >= 0.6 is 0 Å². The molecule has 0 spiro atoms. The summed E-state index contributed by atoms with van der Waals surface area (Å²) >= 11 is 0. The van der Waals surface area contributed by atoms with E-state index in [0.717, 1.165) is 19.3 Å². The number of hydrogen-bond acceptors (Lipinski definition) is 5. The molecule has 3 atom stereocenters. The molecule has 2 heterocycles. The van der Waals surface area contributed by atoms with Gasteiger partial charge in [-0.3, -0.25) is 14.3 Å². The number of nitrogens with zero attached hydrogens (tertiary/aromatic N) is 1. The molecule has 0 saturated carbocycles. The summed E-state index contributed by atoms with van der Waals surface area (Å²) in [5, 5.41) is 9.03. The number of unbranched alkanes of at least 4 members (excludes halogenated alkanes) is 2. The van der Waals surface area contributed by atoms with E-state index in [4.69, 9.17) is 9.47 Å². The summed E-state index contributed by atoms with van der Waals surface area (Å²) in [6, 6.07) is 0. The molecular formula is C20H36N2O5Si. The summed E-state index contributed by atoms with van der Waals surface area (Å²) < 4.78 is 14.1. The minimum Gasteiger partial charge on any atom is -0.394 e. The van der Waals surface area contributed by atoms with Crippen LogP contribution in [0.1, 0.15) is 58.9 Å². The normalized spacial score (nSPS) is 25.6. The van der Waals surface area contributed by atoms with Crippen molar-refractivity contribution in [2.24, 2.45) is 0 Å². The Bertz CT molecular complexity index is 767. The third-order valence-electron chi connectivity index (χ3n) is 5.32. The van der Waals surface area contributed by atoms with Gasteiger partial charge in [-0.2, -0.15) is 0 Å². The zero-order valence-corrected chi connectivity index (χ0v) is 19.2. The van der Waals surface area contributed by atoms with Crippen LogP contribution in [0, 0.1) is 0 Å². The Kier molecular flexibility index (Phi) is 7.47. The molecule has 1 fully saturated rings. The molecule has 7 nitrogen and oxygen atoms in total. The molecule has 8 heteroatoms. The number of H-pyrrole nitrogens is 1. The van der Waals surface area contributed by atoms with Gasteiger partial charge in [0.2, 0.25) is 0 Å². The number of aliphatic hydroxyl groups is 1. The van der Waals surface area contributed by atoms with E-state index in [1.54, 1.807) is 10.8 Å². The smallest absolute Gasteiger partial charge is 0.330 e. The van der Waals surface area contributed by atoms with Crippen LogP contribution in [-0.2, 0) is 21.2 Å². The van der Waals surface area contributed by atoms with Gasteiger partial charge in [0, 0.05) is 18.2 Å². The second-order valence-corrected chi connectivity index (χ2v) is 12.3. The van der Waals surface area contributed by atoms with Gasteiger partial charge in [-0.15, -0.1) is 0 Å². The fourth-order valence-corrected chi connectivity index (χ4v) is 5.77. The Labute approximate surface area is 168 Å². The van der Waals surface area contributed by atoms with Crippen molar-refractivity contribution in [3.63, 3.8) is 0 Å². The Balaban J connectivity index is 2.47. The summed E-state index contributed by atoms with van der Waals surface area (Å²) in [7, 11) is -1.61. The lowest BCUT2D eigenvalue weighted by Gasteiger charge is -2.34. The van der Waals surface area contributed by atoms with E-state index in [2.05, 4.69) is 25.0 Å². The summed E-state index contributed by atoms with van der Waals surface area (Å²) in [6.45, 7) is 12.1. The molecule has 1 aromatic heterocycles. The lowest BCUT2D eigenvalue weighted by Crippen LogP contribution is -2.52. The van der Waals surface area contributed by atoms with E-state index in [-0.39, 0.29) is 18.3 Å². The SMILES string of the molecule is CCCCCc1cn([C@@]2([SiH](C)C)C[C@H](OC(C)(C)C)[C@@H](CO)O2)c(=O)[nH]c1=O. The van der Waals surface area contributed by atoms with Crippen LogP contribution in [0.5, 0.6) is 0 Å². The molecule has 2 rings (SSSR count). The van der Waals surface area contributed by atoms with E-state index in [1.165, 1.54) is 0 Å². The second-order valence-electron chi connectivity index (χ2n) is 9.05. The number of aromatic amines is 1. The van der Waals surface area contributed by atoms with E-state index in [1.807, 2.05) is 20.8 Å². The van der Waals surface area contributed by atoms with Crippen molar-refractivity contribution in [1.82, 2.24) is 9.55 Å². The Morgan fingerprint density at radius 3 is 2.57 bits per heavy atom. The summed E-state index contributed by atoms with van der Waals surface area (Å²) in [6.07, 6.45) is 4.97. The molecule has 160 valence electrons. The monoisotopic (exact) mass is 412 g/mol. The van der Waals surface area contributed by atoms with Gasteiger partial charge in [0.05, 0.1) is 27.1 Å². The van der Waals surface area contributed by atoms with Crippen LogP contribution in [0.25, 0.3) is 0 Å². The third kappa shape index (κ3) is 5.03. The molecule has 28 heavy (non-hydrogen) atoms. The van der Waals surface area contributed by atoms with Crippen LogP contribution in [0.15, 0.2) is 15.8 Å². The zero-order chi connectivity index (χ0) is 21.1. The first-order valence-corrected chi connectivity index (χ1v) is 13.2. The lowest BCUT2D eigenvalue weighted by atomic mass is 10.1. The highest BCUT2D eigenvalue weighted by Crippen LogP contribution is 2.39. The predicted molar refractivity (Wildman–Crippen MR) is 113 cm³/mol. The molecule has 0 aliphatic carbocycles. The van der Waals surface area contributed by atoms with Crippen LogP contribution in [0.3, 0.4) is 0 Å². The van der Waals surface area contributed by atoms with E-state index >= 15 is 0 Å². The molecule has 0 amide bonds. The maximum absolute atomic E-state index is 12.8. The topological polar surface area (TPSA) is 93.6 Å². The van der Waals surface area contributed by atoms with Gasteiger partial charge in [0.15, 0.2) is 0 Å². The first kappa shape index (κ1) is 23.1. The number of aromatic nitrogens is 2. The maximum Gasteiger partial charge on any atom is 0.330 e. The van der Waals surface area contributed by atoms with Crippen molar-refractivity contribution in [2.75, 3.05) is 6.61 Å². The zero-order valence-electron chi connectivity index (χ0n) is 18.1. The van der Waals surface area contributed by atoms with Crippen molar-refractivity contribution in [2.45, 2.75) is 96.1 Å². The van der Waals surface area contributed by atoms with Gasteiger partial charge in [-0.1, -0.05) is 32.9 Å². The van der Waals surface area contributed by atoms with Crippen LogP contribution < -0.4 is 11.2 Å².